The third kappa shape index (κ3) is 3.31. The fourth-order valence-electron chi connectivity index (χ4n) is 2.91. The number of aryl methyl sites for hydroxylation is 1. The van der Waals surface area contributed by atoms with Gasteiger partial charge in [-0.3, -0.25) is 0 Å². The summed E-state index contributed by atoms with van der Waals surface area (Å²) in [5, 5.41) is 5.98. The molecule has 3 heteroatoms. The summed E-state index contributed by atoms with van der Waals surface area (Å²) in [5.74, 6) is 0. The molecule has 1 N–H and O–H groups in total. The number of nitrogens with one attached hydrogen (secondary N) is 1. The summed E-state index contributed by atoms with van der Waals surface area (Å²) >= 11 is 3.96. The van der Waals surface area contributed by atoms with Crippen molar-refractivity contribution in [1.29, 1.82) is 0 Å². The third-order valence-corrected chi connectivity index (χ3v) is 6.84. The molecule has 0 radical (unpaired) electrons. The van der Waals surface area contributed by atoms with Gasteiger partial charge in [-0.2, -0.15) is 11.8 Å². The van der Waals surface area contributed by atoms with Crippen LogP contribution in [0.5, 0.6) is 0 Å². The van der Waals surface area contributed by atoms with Crippen molar-refractivity contribution in [3.63, 3.8) is 0 Å². The first-order valence-electron chi connectivity index (χ1n) is 6.99. The molecule has 102 valence electrons. The van der Waals surface area contributed by atoms with E-state index < -0.39 is 0 Å². The van der Waals surface area contributed by atoms with Crippen molar-refractivity contribution >= 4 is 23.1 Å². The van der Waals surface area contributed by atoms with Crippen LogP contribution in [0.4, 0.5) is 0 Å². The molecule has 1 aromatic heterocycles. The Morgan fingerprint density at radius 1 is 1.39 bits per heavy atom. The quantitative estimate of drug-likeness (QED) is 0.835. The minimum Gasteiger partial charge on any atom is -0.308 e. The second kappa shape index (κ2) is 6.44. The molecule has 0 aliphatic heterocycles. The molecule has 1 nitrogen and oxygen atoms in total. The van der Waals surface area contributed by atoms with Gasteiger partial charge in [0.2, 0.25) is 0 Å². The normalized spacial score (nSPS) is 20.8. The maximum Gasteiger partial charge on any atom is 0.0389 e. The van der Waals surface area contributed by atoms with Crippen molar-refractivity contribution in [2.24, 2.45) is 0 Å². The monoisotopic (exact) mass is 283 g/mol. The number of rotatable bonds is 5. The van der Waals surface area contributed by atoms with E-state index in [0.717, 1.165) is 6.54 Å². The summed E-state index contributed by atoms with van der Waals surface area (Å²) in [5.41, 5.74) is 1.43. The van der Waals surface area contributed by atoms with Gasteiger partial charge in [-0.15, -0.1) is 11.3 Å². The number of thiophene rings is 1. The van der Waals surface area contributed by atoms with Crippen LogP contribution in [-0.2, 0) is 0 Å². The molecule has 0 amide bonds. The lowest BCUT2D eigenvalue weighted by Crippen LogP contribution is -2.40. The van der Waals surface area contributed by atoms with E-state index in [2.05, 4.69) is 48.6 Å². The molecule has 1 aromatic rings. The standard InChI is InChI=1S/C15H25NS2/c1-12-7-10-18-14(12)13(2)16-11-15(17-3)8-5-4-6-9-15/h7,10,13,16H,4-6,8-9,11H2,1-3H3. The van der Waals surface area contributed by atoms with Gasteiger partial charge in [0.15, 0.2) is 0 Å². The first-order valence-corrected chi connectivity index (χ1v) is 9.10. The Labute approximate surface area is 120 Å². The molecule has 1 aliphatic carbocycles. The minimum absolute atomic E-state index is 0.496. The van der Waals surface area contributed by atoms with Gasteiger partial charge < -0.3 is 5.32 Å². The lowest BCUT2D eigenvalue weighted by Gasteiger charge is -2.37. The summed E-state index contributed by atoms with van der Waals surface area (Å²) < 4.78 is 0.498. The minimum atomic E-state index is 0.496. The highest BCUT2D eigenvalue weighted by molar-refractivity contribution is 8.00. The summed E-state index contributed by atoms with van der Waals surface area (Å²) in [6.45, 7) is 5.68. The molecule has 1 atom stereocenters. The fourth-order valence-corrected chi connectivity index (χ4v) is 4.79. The second-order valence-corrected chi connectivity index (χ2v) is 7.74. The van der Waals surface area contributed by atoms with Gasteiger partial charge in [0.1, 0.15) is 0 Å². The molecule has 0 aromatic carbocycles. The highest BCUT2D eigenvalue weighted by Gasteiger charge is 2.31. The van der Waals surface area contributed by atoms with E-state index in [4.69, 9.17) is 0 Å². The predicted octanol–water partition coefficient (Wildman–Crippen LogP) is 4.77. The molecule has 0 bridgehead atoms. The van der Waals surface area contributed by atoms with Crippen molar-refractivity contribution in [2.45, 2.75) is 56.7 Å². The molecular weight excluding hydrogens is 258 g/mol. The van der Waals surface area contributed by atoms with Crippen LogP contribution in [-0.4, -0.2) is 17.5 Å². The van der Waals surface area contributed by atoms with Crippen LogP contribution in [0, 0.1) is 6.92 Å². The maximum absolute atomic E-state index is 3.78. The summed E-state index contributed by atoms with van der Waals surface area (Å²) in [6, 6.07) is 2.72. The van der Waals surface area contributed by atoms with Gasteiger partial charge in [0.25, 0.3) is 0 Å². The van der Waals surface area contributed by atoms with Gasteiger partial charge in [0.05, 0.1) is 0 Å². The van der Waals surface area contributed by atoms with Crippen molar-refractivity contribution < 1.29 is 0 Å². The van der Waals surface area contributed by atoms with Crippen molar-refractivity contribution in [2.75, 3.05) is 12.8 Å². The van der Waals surface area contributed by atoms with Gasteiger partial charge in [-0.25, -0.2) is 0 Å². The van der Waals surface area contributed by atoms with Crippen molar-refractivity contribution in [3.05, 3.63) is 21.9 Å². The fraction of sp³-hybridized carbons (Fsp3) is 0.733. The Hall–Kier alpha value is 0.0100. The SMILES string of the molecule is CSC1(CNC(C)c2sccc2C)CCCCC1. The number of hydrogen-bond acceptors (Lipinski definition) is 3. The second-order valence-electron chi connectivity index (χ2n) is 5.52. The molecule has 1 aliphatic rings. The summed E-state index contributed by atoms with van der Waals surface area (Å²) in [6.07, 6.45) is 9.31. The Morgan fingerprint density at radius 3 is 2.67 bits per heavy atom. The Morgan fingerprint density at radius 2 is 2.11 bits per heavy atom. The average molecular weight is 284 g/mol. The summed E-state index contributed by atoms with van der Waals surface area (Å²) in [4.78, 5) is 1.50. The van der Waals surface area contributed by atoms with Crippen molar-refractivity contribution in [3.8, 4) is 0 Å². The van der Waals surface area contributed by atoms with Crippen molar-refractivity contribution in [1.82, 2.24) is 5.32 Å². The zero-order valence-electron chi connectivity index (χ0n) is 11.8. The molecule has 0 spiro atoms. The van der Waals surface area contributed by atoms with Crippen LogP contribution in [0.25, 0.3) is 0 Å². The largest absolute Gasteiger partial charge is 0.308 e. The summed E-state index contributed by atoms with van der Waals surface area (Å²) in [7, 11) is 0. The first-order chi connectivity index (χ1) is 8.67. The molecule has 1 heterocycles. The van der Waals surface area contributed by atoms with E-state index in [0.29, 0.717) is 10.8 Å². The van der Waals surface area contributed by atoms with Crippen LogP contribution >= 0.6 is 23.1 Å². The van der Waals surface area contributed by atoms with E-state index in [1.54, 1.807) is 0 Å². The Kier molecular flexibility index (Phi) is 5.16. The molecule has 1 saturated carbocycles. The number of thioether (sulfide) groups is 1. The number of hydrogen-bond donors (Lipinski definition) is 1. The van der Waals surface area contributed by atoms with Crippen LogP contribution in [0.15, 0.2) is 11.4 Å². The van der Waals surface area contributed by atoms with Crippen LogP contribution in [0.1, 0.15) is 55.5 Å². The van der Waals surface area contributed by atoms with Crippen LogP contribution in [0.2, 0.25) is 0 Å². The highest BCUT2D eigenvalue weighted by atomic mass is 32.2. The first kappa shape index (κ1) is 14.4. The van der Waals surface area contributed by atoms with E-state index >= 15 is 0 Å². The Balaban J connectivity index is 1.92. The lowest BCUT2D eigenvalue weighted by molar-refractivity contribution is 0.368. The van der Waals surface area contributed by atoms with Crippen LogP contribution in [0.3, 0.4) is 0 Å². The maximum atomic E-state index is 3.78. The highest BCUT2D eigenvalue weighted by Crippen LogP contribution is 2.38. The molecule has 18 heavy (non-hydrogen) atoms. The van der Waals surface area contributed by atoms with E-state index in [1.807, 2.05) is 11.3 Å². The van der Waals surface area contributed by atoms with Gasteiger partial charge in [0, 0.05) is 22.2 Å². The van der Waals surface area contributed by atoms with Crippen LogP contribution < -0.4 is 5.32 Å². The lowest BCUT2D eigenvalue weighted by atomic mass is 9.88. The predicted molar refractivity (Wildman–Crippen MR) is 84.8 cm³/mol. The Bertz CT molecular complexity index is 366. The van der Waals surface area contributed by atoms with E-state index in [1.165, 1.54) is 42.5 Å². The average Bonchev–Trinajstić information content (AvgIpc) is 2.83. The van der Waals surface area contributed by atoms with Gasteiger partial charge >= 0.3 is 0 Å². The molecule has 0 saturated heterocycles. The van der Waals surface area contributed by atoms with Gasteiger partial charge in [-0.1, -0.05) is 19.3 Å². The van der Waals surface area contributed by atoms with Gasteiger partial charge in [-0.05, 0) is 50.0 Å². The van der Waals surface area contributed by atoms with E-state index in [-0.39, 0.29) is 0 Å². The van der Waals surface area contributed by atoms with E-state index in [9.17, 15) is 0 Å². The molecule has 2 rings (SSSR count). The zero-order chi connectivity index (χ0) is 13.0. The molecule has 1 fully saturated rings. The molecular formula is C15H25NS2. The smallest absolute Gasteiger partial charge is 0.0389 e. The topological polar surface area (TPSA) is 12.0 Å². The third-order valence-electron chi connectivity index (χ3n) is 4.22. The molecule has 1 unspecified atom stereocenters. The zero-order valence-corrected chi connectivity index (χ0v) is 13.4.